The van der Waals surface area contributed by atoms with Crippen molar-refractivity contribution in [3.63, 3.8) is 0 Å². The van der Waals surface area contributed by atoms with Crippen molar-refractivity contribution >= 4 is 5.91 Å². The van der Waals surface area contributed by atoms with Crippen LogP contribution in [0.25, 0.3) is 0 Å². The normalized spacial score (nSPS) is 10.6. The molecule has 4 nitrogen and oxygen atoms in total. The first kappa shape index (κ1) is 13.7. The van der Waals surface area contributed by atoms with Gasteiger partial charge in [-0.15, -0.1) is 0 Å². The lowest BCUT2D eigenvalue weighted by atomic mass is 10.1. The van der Waals surface area contributed by atoms with Crippen LogP contribution in [0.3, 0.4) is 0 Å². The first-order valence-electron chi connectivity index (χ1n) is 5.64. The maximum absolute atomic E-state index is 11.9. The molecule has 17 heavy (non-hydrogen) atoms. The van der Waals surface area contributed by atoms with E-state index in [1.807, 2.05) is 38.4 Å². The topological polar surface area (TPSA) is 43.8 Å². The molecule has 0 aliphatic heterocycles. The highest BCUT2D eigenvalue weighted by molar-refractivity contribution is 5.94. The van der Waals surface area contributed by atoms with E-state index in [-0.39, 0.29) is 12.5 Å². The Morgan fingerprint density at radius 3 is 2.24 bits per heavy atom. The highest BCUT2D eigenvalue weighted by atomic mass is 16.3. The second-order valence-corrected chi connectivity index (χ2v) is 4.39. The number of aliphatic hydroxyl groups excluding tert-OH is 1. The molecule has 1 aromatic rings. The summed E-state index contributed by atoms with van der Waals surface area (Å²) in [6.07, 6.45) is 0. The monoisotopic (exact) mass is 236 g/mol. The van der Waals surface area contributed by atoms with Crippen molar-refractivity contribution in [1.82, 2.24) is 9.80 Å². The lowest BCUT2D eigenvalue weighted by Crippen LogP contribution is -2.29. The Morgan fingerprint density at radius 2 is 1.76 bits per heavy atom. The third-order valence-electron chi connectivity index (χ3n) is 2.48. The number of likely N-dealkylation sites (N-methyl/N-ethyl adjacent to an activating group) is 1. The zero-order chi connectivity index (χ0) is 12.8. The Hall–Kier alpha value is -1.39. The van der Waals surface area contributed by atoms with Crippen LogP contribution in [-0.2, 0) is 6.54 Å². The zero-order valence-corrected chi connectivity index (χ0v) is 10.7. The molecule has 0 spiro atoms. The quantitative estimate of drug-likeness (QED) is 0.823. The summed E-state index contributed by atoms with van der Waals surface area (Å²) in [5.74, 6) is -0.0598. The van der Waals surface area contributed by atoms with E-state index in [1.54, 1.807) is 7.05 Å². The number of hydrogen-bond donors (Lipinski definition) is 1. The summed E-state index contributed by atoms with van der Waals surface area (Å²) in [5.41, 5.74) is 1.83. The second-order valence-electron chi connectivity index (χ2n) is 4.39. The SMILES string of the molecule is CN(C)Cc1ccc(C(=O)N(C)CCO)cc1. The molecule has 1 N–H and O–H groups in total. The third-order valence-corrected chi connectivity index (χ3v) is 2.48. The summed E-state index contributed by atoms with van der Waals surface area (Å²) in [7, 11) is 5.70. The molecule has 0 aliphatic rings. The van der Waals surface area contributed by atoms with Crippen LogP contribution in [0.5, 0.6) is 0 Å². The smallest absolute Gasteiger partial charge is 0.253 e. The number of carbonyl (C=O) groups is 1. The predicted molar refractivity (Wildman–Crippen MR) is 67.9 cm³/mol. The molecule has 4 heteroatoms. The number of carbonyl (C=O) groups excluding carboxylic acids is 1. The van der Waals surface area contributed by atoms with Gasteiger partial charge in [0.25, 0.3) is 5.91 Å². The first-order chi connectivity index (χ1) is 8.04. The molecule has 94 valence electrons. The van der Waals surface area contributed by atoms with Crippen LogP contribution in [0.1, 0.15) is 15.9 Å². The van der Waals surface area contributed by atoms with Gasteiger partial charge in [-0.3, -0.25) is 4.79 Å². The van der Waals surface area contributed by atoms with E-state index in [2.05, 4.69) is 4.90 Å². The van der Waals surface area contributed by atoms with Gasteiger partial charge >= 0.3 is 0 Å². The van der Waals surface area contributed by atoms with Gasteiger partial charge in [-0.25, -0.2) is 0 Å². The van der Waals surface area contributed by atoms with Gasteiger partial charge in [0.2, 0.25) is 0 Å². The molecule has 1 aromatic carbocycles. The van der Waals surface area contributed by atoms with E-state index in [4.69, 9.17) is 5.11 Å². The molecular formula is C13H20N2O2. The van der Waals surface area contributed by atoms with Crippen LogP contribution in [0.2, 0.25) is 0 Å². The second kappa shape index (κ2) is 6.37. The molecule has 1 amide bonds. The summed E-state index contributed by atoms with van der Waals surface area (Å²) in [4.78, 5) is 15.5. The molecule has 0 aliphatic carbocycles. The van der Waals surface area contributed by atoms with Crippen LogP contribution in [0.4, 0.5) is 0 Å². The van der Waals surface area contributed by atoms with Gasteiger partial charge in [-0.2, -0.15) is 0 Å². The predicted octanol–water partition coefficient (Wildman–Crippen LogP) is 0.812. The van der Waals surface area contributed by atoms with Gasteiger partial charge in [0.1, 0.15) is 0 Å². The largest absolute Gasteiger partial charge is 0.395 e. The number of rotatable bonds is 5. The maximum atomic E-state index is 11.9. The lowest BCUT2D eigenvalue weighted by molar-refractivity contribution is 0.0767. The van der Waals surface area contributed by atoms with Crippen LogP contribution in [-0.4, -0.2) is 55.1 Å². The molecule has 0 aromatic heterocycles. The molecule has 0 atom stereocenters. The Balaban J connectivity index is 2.70. The number of nitrogens with zero attached hydrogens (tertiary/aromatic N) is 2. The van der Waals surface area contributed by atoms with Crippen molar-refractivity contribution in [2.45, 2.75) is 6.54 Å². The van der Waals surface area contributed by atoms with E-state index in [1.165, 1.54) is 10.5 Å². The average molecular weight is 236 g/mol. The van der Waals surface area contributed by atoms with Crippen molar-refractivity contribution in [2.75, 3.05) is 34.3 Å². The summed E-state index contributed by atoms with van der Waals surface area (Å²) in [5, 5.41) is 8.78. The highest BCUT2D eigenvalue weighted by Crippen LogP contribution is 2.08. The Kier molecular flexibility index (Phi) is 5.12. The molecular weight excluding hydrogens is 216 g/mol. The van der Waals surface area contributed by atoms with E-state index >= 15 is 0 Å². The molecule has 1 rings (SSSR count). The molecule has 0 bridgehead atoms. The Labute approximate surface area is 102 Å². The van der Waals surface area contributed by atoms with Crippen molar-refractivity contribution in [2.24, 2.45) is 0 Å². The van der Waals surface area contributed by atoms with Crippen LogP contribution in [0, 0.1) is 0 Å². The van der Waals surface area contributed by atoms with Gasteiger partial charge in [-0.05, 0) is 31.8 Å². The van der Waals surface area contributed by atoms with Gasteiger partial charge in [0.15, 0.2) is 0 Å². The van der Waals surface area contributed by atoms with Gasteiger partial charge < -0.3 is 14.9 Å². The van der Waals surface area contributed by atoms with Crippen LogP contribution in [0.15, 0.2) is 24.3 Å². The summed E-state index contributed by atoms with van der Waals surface area (Å²) >= 11 is 0. The van der Waals surface area contributed by atoms with E-state index < -0.39 is 0 Å². The number of benzene rings is 1. The number of hydrogen-bond acceptors (Lipinski definition) is 3. The minimum absolute atomic E-state index is 0.0129. The van der Waals surface area contributed by atoms with Gasteiger partial charge in [0, 0.05) is 25.7 Å². The fraction of sp³-hybridized carbons (Fsp3) is 0.462. The number of amides is 1. The summed E-state index contributed by atoms with van der Waals surface area (Å²) < 4.78 is 0. The van der Waals surface area contributed by atoms with Crippen LogP contribution < -0.4 is 0 Å². The third kappa shape index (κ3) is 4.17. The van der Waals surface area contributed by atoms with Crippen molar-refractivity contribution in [3.05, 3.63) is 35.4 Å². The highest BCUT2D eigenvalue weighted by Gasteiger charge is 2.10. The Bertz CT molecular complexity index is 360. The maximum Gasteiger partial charge on any atom is 0.253 e. The molecule has 0 radical (unpaired) electrons. The van der Waals surface area contributed by atoms with E-state index in [9.17, 15) is 4.79 Å². The molecule has 0 saturated carbocycles. The molecule has 0 heterocycles. The minimum atomic E-state index is -0.0598. The molecule has 0 unspecified atom stereocenters. The van der Waals surface area contributed by atoms with Crippen molar-refractivity contribution in [3.8, 4) is 0 Å². The summed E-state index contributed by atoms with van der Waals surface area (Å²) in [6, 6.07) is 7.57. The van der Waals surface area contributed by atoms with Crippen molar-refractivity contribution < 1.29 is 9.90 Å². The summed E-state index contributed by atoms with van der Waals surface area (Å²) in [6.45, 7) is 1.21. The van der Waals surface area contributed by atoms with Crippen LogP contribution >= 0.6 is 0 Å². The Morgan fingerprint density at radius 1 is 1.18 bits per heavy atom. The fourth-order valence-electron chi connectivity index (χ4n) is 1.59. The average Bonchev–Trinajstić information content (AvgIpc) is 2.28. The number of aliphatic hydroxyl groups is 1. The van der Waals surface area contributed by atoms with Crippen molar-refractivity contribution in [1.29, 1.82) is 0 Å². The zero-order valence-electron chi connectivity index (χ0n) is 10.7. The van der Waals surface area contributed by atoms with E-state index in [0.717, 1.165) is 6.54 Å². The molecule has 0 saturated heterocycles. The minimum Gasteiger partial charge on any atom is -0.395 e. The standard InChI is InChI=1S/C13H20N2O2/c1-14(2)10-11-4-6-12(7-5-11)13(17)15(3)8-9-16/h4-7,16H,8-10H2,1-3H3. The van der Waals surface area contributed by atoms with E-state index in [0.29, 0.717) is 12.1 Å². The van der Waals surface area contributed by atoms with Gasteiger partial charge in [0.05, 0.1) is 6.61 Å². The fourth-order valence-corrected chi connectivity index (χ4v) is 1.59. The first-order valence-corrected chi connectivity index (χ1v) is 5.64. The molecule has 0 fully saturated rings. The van der Waals surface area contributed by atoms with Gasteiger partial charge in [-0.1, -0.05) is 12.1 Å². The lowest BCUT2D eigenvalue weighted by Gasteiger charge is -2.16.